The van der Waals surface area contributed by atoms with Gasteiger partial charge in [-0.3, -0.25) is 4.90 Å². The molecule has 1 saturated heterocycles. The molecule has 0 amide bonds. The van der Waals surface area contributed by atoms with Crippen LogP contribution in [0.15, 0.2) is 0 Å². The van der Waals surface area contributed by atoms with Crippen molar-refractivity contribution in [2.24, 2.45) is 11.8 Å². The highest BCUT2D eigenvalue weighted by atomic mass is 15.3. The first-order valence-corrected chi connectivity index (χ1v) is 8.27. The number of hydrogen-bond acceptors (Lipinski definition) is 3. The Labute approximate surface area is 120 Å². The number of hydrogen-bond donors (Lipinski definition) is 1. The summed E-state index contributed by atoms with van der Waals surface area (Å²) in [5, 5.41) is 3.54. The van der Waals surface area contributed by atoms with Crippen molar-refractivity contribution >= 4 is 0 Å². The van der Waals surface area contributed by atoms with Crippen molar-refractivity contribution in [3.05, 3.63) is 0 Å². The van der Waals surface area contributed by atoms with E-state index in [9.17, 15) is 0 Å². The summed E-state index contributed by atoms with van der Waals surface area (Å²) in [5.74, 6) is 1.65. The highest BCUT2D eigenvalue weighted by Crippen LogP contribution is 2.09. The first-order valence-electron chi connectivity index (χ1n) is 8.27. The number of rotatable bonds is 9. The van der Waals surface area contributed by atoms with E-state index in [1.807, 2.05) is 0 Å². The molecule has 0 aliphatic carbocycles. The fourth-order valence-electron chi connectivity index (χ4n) is 2.47. The Balaban J connectivity index is 2.02. The summed E-state index contributed by atoms with van der Waals surface area (Å²) in [4.78, 5) is 5.25. The van der Waals surface area contributed by atoms with Crippen LogP contribution >= 0.6 is 0 Å². The summed E-state index contributed by atoms with van der Waals surface area (Å²) in [5.41, 5.74) is 0. The van der Waals surface area contributed by atoms with Crippen molar-refractivity contribution < 1.29 is 0 Å². The normalized spacial score (nSPS) is 20.1. The lowest BCUT2D eigenvalue weighted by Gasteiger charge is -2.35. The molecule has 1 rings (SSSR count). The van der Waals surface area contributed by atoms with Crippen LogP contribution in [0.1, 0.15) is 40.5 Å². The number of piperazine rings is 1. The molecule has 19 heavy (non-hydrogen) atoms. The smallest absolute Gasteiger partial charge is 0.0110 e. The summed E-state index contributed by atoms with van der Waals surface area (Å²) in [6.07, 6.45) is 2.69. The van der Waals surface area contributed by atoms with Crippen LogP contribution < -0.4 is 5.32 Å². The maximum Gasteiger partial charge on any atom is 0.0110 e. The monoisotopic (exact) mass is 269 g/mol. The SMILES string of the molecule is CCC(C)CCN1CCN(CCNCC(C)C)CC1. The molecule has 1 N–H and O–H groups in total. The molecule has 0 aromatic carbocycles. The fraction of sp³-hybridized carbons (Fsp3) is 1.00. The van der Waals surface area contributed by atoms with Crippen LogP contribution in [0.5, 0.6) is 0 Å². The lowest BCUT2D eigenvalue weighted by atomic mass is 10.0. The highest BCUT2D eigenvalue weighted by molar-refractivity contribution is 4.73. The maximum atomic E-state index is 3.54. The third kappa shape index (κ3) is 7.91. The Hall–Kier alpha value is -0.120. The Morgan fingerprint density at radius 2 is 1.53 bits per heavy atom. The molecule has 1 atom stereocenters. The van der Waals surface area contributed by atoms with E-state index in [0.717, 1.165) is 24.9 Å². The van der Waals surface area contributed by atoms with Gasteiger partial charge in [0.2, 0.25) is 0 Å². The van der Waals surface area contributed by atoms with Crippen molar-refractivity contribution in [1.82, 2.24) is 15.1 Å². The topological polar surface area (TPSA) is 18.5 Å². The van der Waals surface area contributed by atoms with Gasteiger partial charge in [0.15, 0.2) is 0 Å². The Kier molecular flexibility index (Phi) is 8.67. The van der Waals surface area contributed by atoms with Crippen LogP contribution in [0.4, 0.5) is 0 Å². The van der Waals surface area contributed by atoms with Crippen molar-refractivity contribution in [3.8, 4) is 0 Å². The second kappa shape index (κ2) is 9.73. The van der Waals surface area contributed by atoms with Crippen LogP contribution in [-0.4, -0.2) is 62.2 Å². The minimum Gasteiger partial charge on any atom is -0.315 e. The van der Waals surface area contributed by atoms with Gasteiger partial charge in [-0.2, -0.15) is 0 Å². The highest BCUT2D eigenvalue weighted by Gasteiger charge is 2.16. The van der Waals surface area contributed by atoms with Crippen LogP contribution in [0, 0.1) is 11.8 Å². The largest absolute Gasteiger partial charge is 0.315 e. The fourth-order valence-corrected chi connectivity index (χ4v) is 2.47. The molecule has 114 valence electrons. The zero-order valence-electron chi connectivity index (χ0n) is 13.6. The first kappa shape index (κ1) is 16.9. The van der Waals surface area contributed by atoms with Crippen LogP contribution in [0.2, 0.25) is 0 Å². The van der Waals surface area contributed by atoms with E-state index in [1.165, 1.54) is 52.1 Å². The van der Waals surface area contributed by atoms with Crippen LogP contribution in [0.25, 0.3) is 0 Å². The van der Waals surface area contributed by atoms with Gasteiger partial charge >= 0.3 is 0 Å². The van der Waals surface area contributed by atoms with E-state index < -0.39 is 0 Å². The van der Waals surface area contributed by atoms with Crippen molar-refractivity contribution in [3.63, 3.8) is 0 Å². The molecule has 3 nitrogen and oxygen atoms in total. The maximum absolute atomic E-state index is 3.54. The summed E-state index contributed by atoms with van der Waals surface area (Å²) < 4.78 is 0. The predicted octanol–water partition coefficient (Wildman–Crippen LogP) is 2.29. The molecule has 0 radical (unpaired) electrons. The molecule has 1 aliphatic rings. The average molecular weight is 269 g/mol. The van der Waals surface area contributed by atoms with Crippen LogP contribution in [0.3, 0.4) is 0 Å². The molecule has 1 unspecified atom stereocenters. The quantitative estimate of drug-likeness (QED) is 0.648. The molecule has 0 aromatic heterocycles. The molecule has 1 aliphatic heterocycles. The van der Waals surface area contributed by atoms with Gasteiger partial charge in [0.1, 0.15) is 0 Å². The second-order valence-electron chi connectivity index (χ2n) is 6.58. The molecule has 0 saturated carbocycles. The van der Waals surface area contributed by atoms with Gasteiger partial charge in [-0.25, -0.2) is 0 Å². The van der Waals surface area contributed by atoms with E-state index in [-0.39, 0.29) is 0 Å². The zero-order valence-corrected chi connectivity index (χ0v) is 13.6. The van der Waals surface area contributed by atoms with Crippen molar-refractivity contribution in [2.75, 3.05) is 52.4 Å². The van der Waals surface area contributed by atoms with E-state index >= 15 is 0 Å². The van der Waals surface area contributed by atoms with Gasteiger partial charge in [-0.1, -0.05) is 34.1 Å². The Bertz CT molecular complexity index is 210. The summed E-state index contributed by atoms with van der Waals surface area (Å²) in [7, 11) is 0. The lowest BCUT2D eigenvalue weighted by Crippen LogP contribution is -2.48. The van der Waals surface area contributed by atoms with E-state index in [4.69, 9.17) is 0 Å². The molecule has 0 spiro atoms. The van der Waals surface area contributed by atoms with E-state index in [2.05, 4.69) is 42.8 Å². The van der Waals surface area contributed by atoms with Gasteiger partial charge in [-0.05, 0) is 31.3 Å². The molecule has 0 aromatic rings. The van der Waals surface area contributed by atoms with Gasteiger partial charge in [0.25, 0.3) is 0 Å². The molecule has 1 heterocycles. The van der Waals surface area contributed by atoms with E-state index in [1.54, 1.807) is 0 Å². The van der Waals surface area contributed by atoms with Gasteiger partial charge in [-0.15, -0.1) is 0 Å². The minimum atomic E-state index is 0.761. The Morgan fingerprint density at radius 1 is 0.947 bits per heavy atom. The number of nitrogens with zero attached hydrogens (tertiary/aromatic N) is 2. The van der Waals surface area contributed by atoms with Crippen LogP contribution in [-0.2, 0) is 0 Å². The van der Waals surface area contributed by atoms with Gasteiger partial charge < -0.3 is 10.2 Å². The van der Waals surface area contributed by atoms with Gasteiger partial charge in [0, 0.05) is 39.3 Å². The van der Waals surface area contributed by atoms with Crippen molar-refractivity contribution in [2.45, 2.75) is 40.5 Å². The zero-order chi connectivity index (χ0) is 14.1. The average Bonchev–Trinajstić information content (AvgIpc) is 2.42. The predicted molar refractivity (Wildman–Crippen MR) is 84.7 cm³/mol. The standard InChI is InChI=1S/C16H35N3/c1-5-16(4)6-8-18-10-12-19(13-11-18)9-7-17-14-15(2)3/h15-17H,5-14H2,1-4H3. The summed E-state index contributed by atoms with van der Waals surface area (Å²) in [6.45, 7) is 19.0. The first-order chi connectivity index (χ1) is 9.11. The Morgan fingerprint density at radius 3 is 2.05 bits per heavy atom. The summed E-state index contributed by atoms with van der Waals surface area (Å²) >= 11 is 0. The minimum absolute atomic E-state index is 0.761. The third-order valence-electron chi connectivity index (χ3n) is 4.26. The number of nitrogens with one attached hydrogen (secondary N) is 1. The second-order valence-corrected chi connectivity index (χ2v) is 6.58. The van der Waals surface area contributed by atoms with Gasteiger partial charge in [0.05, 0.1) is 0 Å². The molecule has 0 bridgehead atoms. The lowest BCUT2D eigenvalue weighted by molar-refractivity contribution is 0.127. The summed E-state index contributed by atoms with van der Waals surface area (Å²) in [6, 6.07) is 0. The molecular formula is C16H35N3. The van der Waals surface area contributed by atoms with Crippen molar-refractivity contribution in [1.29, 1.82) is 0 Å². The molecule has 1 fully saturated rings. The molecular weight excluding hydrogens is 234 g/mol. The molecule has 3 heteroatoms. The van der Waals surface area contributed by atoms with E-state index in [0.29, 0.717) is 0 Å². The third-order valence-corrected chi connectivity index (χ3v) is 4.26.